The zero-order chi connectivity index (χ0) is 26.0. The number of amides is 1. The van der Waals surface area contributed by atoms with Crippen LogP contribution in [0.1, 0.15) is 29.0 Å². The Hall–Kier alpha value is -3.25. The number of likely N-dealkylation sites (N-methyl/N-ethyl adjacent to an activating group) is 1. The van der Waals surface area contributed by atoms with Crippen LogP contribution in [0.4, 0.5) is 5.13 Å². The highest BCUT2D eigenvalue weighted by Crippen LogP contribution is 2.33. The molecule has 194 valence electrons. The van der Waals surface area contributed by atoms with Gasteiger partial charge in [0.05, 0.1) is 41.1 Å². The minimum absolute atomic E-state index is 0.0930. The molecule has 2 aromatic carbocycles. The number of fused-ring (bicyclic) bond motifs is 1. The van der Waals surface area contributed by atoms with E-state index >= 15 is 0 Å². The molecule has 1 fully saturated rings. The van der Waals surface area contributed by atoms with Gasteiger partial charge in [-0.15, -0.1) is 0 Å². The van der Waals surface area contributed by atoms with E-state index in [1.54, 1.807) is 32.6 Å². The van der Waals surface area contributed by atoms with E-state index in [1.807, 2.05) is 18.2 Å². The smallest absolute Gasteiger partial charge is 0.260 e. The number of benzene rings is 2. The van der Waals surface area contributed by atoms with E-state index in [9.17, 15) is 13.2 Å². The summed E-state index contributed by atoms with van der Waals surface area (Å²) in [5.41, 5.74) is 1.08. The summed E-state index contributed by atoms with van der Waals surface area (Å²) in [5.74, 6) is 0.979. The minimum Gasteiger partial charge on any atom is -0.497 e. The summed E-state index contributed by atoms with van der Waals surface area (Å²) >= 11 is 1.36. The van der Waals surface area contributed by atoms with Gasteiger partial charge in [0.1, 0.15) is 11.5 Å². The van der Waals surface area contributed by atoms with Gasteiger partial charge >= 0.3 is 0 Å². The lowest BCUT2D eigenvalue weighted by Gasteiger charge is -2.21. The van der Waals surface area contributed by atoms with Crippen molar-refractivity contribution in [3.8, 4) is 5.75 Å². The Morgan fingerprint density at radius 3 is 2.68 bits per heavy atom. The van der Waals surface area contributed by atoms with Gasteiger partial charge in [0.2, 0.25) is 10.0 Å². The molecule has 1 atom stereocenters. The summed E-state index contributed by atoms with van der Waals surface area (Å²) in [5, 5.41) is 0.498. The van der Waals surface area contributed by atoms with Crippen LogP contribution in [-0.2, 0) is 21.3 Å². The van der Waals surface area contributed by atoms with Crippen LogP contribution >= 0.6 is 11.3 Å². The lowest BCUT2D eigenvalue weighted by molar-refractivity contribution is 0.0978. The third-order valence-corrected chi connectivity index (χ3v) is 9.13. The highest BCUT2D eigenvalue weighted by Gasteiger charge is 2.27. The number of rotatable bonds is 9. The predicted molar refractivity (Wildman–Crippen MR) is 141 cm³/mol. The van der Waals surface area contributed by atoms with Crippen LogP contribution < -0.4 is 9.64 Å². The predicted octanol–water partition coefficient (Wildman–Crippen LogP) is 4.54. The summed E-state index contributed by atoms with van der Waals surface area (Å²) in [4.78, 5) is 20.0. The van der Waals surface area contributed by atoms with E-state index in [0.717, 1.165) is 23.1 Å². The maximum absolute atomic E-state index is 13.6. The van der Waals surface area contributed by atoms with E-state index in [4.69, 9.17) is 13.9 Å². The molecule has 1 saturated heterocycles. The number of methoxy groups -OCH3 is 1. The third-order valence-electron chi connectivity index (χ3n) is 6.25. The first-order chi connectivity index (χ1) is 17.8. The Labute approximate surface area is 219 Å². The van der Waals surface area contributed by atoms with Gasteiger partial charge in [-0.2, -0.15) is 4.31 Å². The number of sulfonamides is 1. The van der Waals surface area contributed by atoms with E-state index in [2.05, 4.69) is 4.98 Å². The Morgan fingerprint density at radius 2 is 2.00 bits per heavy atom. The molecule has 11 heteroatoms. The molecule has 0 aliphatic carbocycles. The van der Waals surface area contributed by atoms with Crippen LogP contribution in [0.5, 0.6) is 5.75 Å². The van der Waals surface area contributed by atoms with Crippen molar-refractivity contribution in [2.45, 2.75) is 30.4 Å². The molecule has 0 radical (unpaired) electrons. The fraction of sp³-hybridized carbons (Fsp3) is 0.308. The second kappa shape index (κ2) is 10.6. The molecule has 3 heterocycles. The Bertz CT molecular complexity index is 1480. The summed E-state index contributed by atoms with van der Waals surface area (Å²) in [7, 11) is -0.573. The molecule has 1 aliphatic heterocycles. The van der Waals surface area contributed by atoms with Gasteiger partial charge < -0.3 is 13.9 Å². The highest BCUT2D eigenvalue weighted by atomic mass is 32.2. The Kier molecular flexibility index (Phi) is 7.29. The zero-order valence-corrected chi connectivity index (χ0v) is 22.1. The number of furan rings is 1. The van der Waals surface area contributed by atoms with Crippen molar-refractivity contribution in [1.82, 2.24) is 9.29 Å². The van der Waals surface area contributed by atoms with Gasteiger partial charge in [-0.25, -0.2) is 13.4 Å². The largest absolute Gasteiger partial charge is 0.497 e. The first-order valence-electron chi connectivity index (χ1n) is 11.8. The molecule has 1 aliphatic rings. The maximum Gasteiger partial charge on any atom is 0.260 e. The zero-order valence-electron chi connectivity index (χ0n) is 20.5. The molecule has 0 saturated carbocycles. The third kappa shape index (κ3) is 5.40. The molecule has 5 rings (SSSR count). The fourth-order valence-corrected chi connectivity index (χ4v) is 6.39. The monoisotopic (exact) mass is 541 g/mol. The lowest BCUT2D eigenvalue weighted by Crippen LogP contribution is -2.34. The van der Waals surface area contributed by atoms with E-state index in [1.165, 1.54) is 44.8 Å². The van der Waals surface area contributed by atoms with Crippen molar-refractivity contribution in [3.63, 3.8) is 0 Å². The van der Waals surface area contributed by atoms with E-state index in [0.29, 0.717) is 35.4 Å². The van der Waals surface area contributed by atoms with Crippen LogP contribution in [0.2, 0.25) is 0 Å². The molecule has 37 heavy (non-hydrogen) atoms. The topological polar surface area (TPSA) is 102 Å². The molecule has 1 amide bonds. The second-order valence-electron chi connectivity index (χ2n) is 8.75. The number of anilines is 1. The van der Waals surface area contributed by atoms with Gasteiger partial charge in [-0.3, -0.25) is 9.69 Å². The first kappa shape index (κ1) is 25.4. The van der Waals surface area contributed by atoms with Gasteiger partial charge in [-0.1, -0.05) is 11.3 Å². The number of nitrogens with zero attached hydrogens (tertiary/aromatic N) is 3. The minimum atomic E-state index is -3.72. The van der Waals surface area contributed by atoms with Crippen molar-refractivity contribution in [3.05, 3.63) is 72.2 Å². The maximum atomic E-state index is 13.6. The molecule has 0 N–H and O–H groups in total. The number of thiazole rings is 1. The average Bonchev–Trinajstić information content (AvgIpc) is 3.68. The van der Waals surface area contributed by atoms with Crippen LogP contribution in [0, 0.1) is 0 Å². The number of carbonyl (C=O) groups excluding carboxylic acids is 1. The van der Waals surface area contributed by atoms with Crippen LogP contribution in [-0.4, -0.2) is 57.0 Å². The van der Waals surface area contributed by atoms with Gasteiger partial charge in [0.15, 0.2) is 5.13 Å². The number of carbonyl (C=O) groups is 1. The Balaban J connectivity index is 1.41. The number of ether oxygens (including phenoxy) is 2. The van der Waals surface area contributed by atoms with E-state index < -0.39 is 10.0 Å². The molecule has 1 unspecified atom stereocenters. The van der Waals surface area contributed by atoms with Gasteiger partial charge in [0.25, 0.3) is 5.91 Å². The molecular formula is C26H27N3O6S2. The average molecular weight is 542 g/mol. The fourth-order valence-electron chi connectivity index (χ4n) is 4.20. The van der Waals surface area contributed by atoms with Crippen molar-refractivity contribution < 1.29 is 27.1 Å². The first-order valence-corrected chi connectivity index (χ1v) is 14.1. The van der Waals surface area contributed by atoms with Gasteiger partial charge in [0, 0.05) is 25.8 Å². The molecule has 0 bridgehead atoms. The normalized spacial score (nSPS) is 15.9. The van der Waals surface area contributed by atoms with Gasteiger partial charge in [-0.05, 0) is 67.4 Å². The highest BCUT2D eigenvalue weighted by molar-refractivity contribution is 7.89. The van der Waals surface area contributed by atoms with Crippen molar-refractivity contribution in [1.29, 1.82) is 0 Å². The SMILES string of the molecule is COc1ccc2nc(N(Cc3ccco3)C(=O)c3ccc(S(=O)(=O)N(C)CC4CCCO4)cc3)sc2c1. The second-order valence-corrected chi connectivity index (χ2v) is 11.8. The number of aromatic nitrogens is 1. The number of hydrogen-bond donors (Lipinski definition) is 0. The number of hydrogen-bond acceptors (Lipinski definition) is 8. The van der Waals surface area contributed by atoms with Crippen molar-refractivity contribution in [2.24, 2.45) is 0 Å². The molecule has 2 aromatic heterocycles. The molecule has 4 aromatic rings. The summed E-state index contributed by atoms with van der Waals surface area (Å²) in [6.07, 6.45) is 3.24. The van der Waals surface area contributed by atoms with Crippen molar-refractivity contribution in [2.75, 3.05) is 32.2 Å². The molecule has 0 spiro atoms. The summed E-state index contributed by atoms with van der Waals surface area (Å²) < 4.78 is 44.7. The quantitative estimate of drug-likeness (QED) is 0.306. The van der Waals surface area contributed by atoms with E-state index in [-0.39, 0.29) is 23.5 Å². The lowest BCUT2D eigenvalue weighted by atomic mass is 10.2. The summed E-state index contributed by atoms with van der Waals surface area (Å²) in [6, 6.07) is 15.1. The molecule has 9 nitrogen and oxygen atoms in total. The van der Waals surface area contributed by atoms with Crippen molar-refractivity contribution >= 4 is 42.6 Å². The standard InChI is InChI=1S/C26H27N3O6S2/c1-28(16-20-5-3-13-34-20)37(31,32)22-10-7-18(8-11-22)25(30)29(17-21-6-4-14-35-21)26-27-23-12-9-19(33-2)15-24(23)36-26/h4,6-12,14-15,20H,3,5,13,16-17H2,1-2H3. The van der Waals surface area contributed by atoms with Crippen LogP contribution in [0.25, 0.3) is 10.2 Å². The molecular weight excluding hydrogens is 514 g/mol. The Morgan fingerprint density at radius 1 is 1.19 bits per heavy atom. The van der Waals surface area contributed by atoms with Crippen LogP contribution in [0.3, 0.4) is 0 Å². The van der Waals surface area contributed by atoms with Crippen LogP contribution in [0.15, 0.2) is 70.2 Å². The summed E-state index contributed by atoms with van der Waals surface area (Å²) in [6.45, 7) is 1.13.